The van der Waals surface area contributed by atoms with Crippen LogP contribution in [0.25, 0.3) is 0 Å². The molecule has 0 amide bonds. The van der Waals surface area contributed by atoms with Crippen molar-refractivity contribution < 1.29 is 9.84 Å². The van der Waals surface area contributed by atoms with Gasteiger partial charge in [-0.25, -0.2) is 0 Å². The molecule has 2 atom stereocenters. The molecule has 78 valence electrons. The first kappa shape index (κ1) is 10.1. The van der Waals surface area contributed by atoms with Crippen molar-refractivity contribution in [2.24, 2.45) is 5.92 Å². The van der Waals surface area contributed by atoms with E-state index in [9.17, 15) is 5.11 Å². The number of aliphatic hydroxyl groups excluding tert-OH is 1. The highest BCUT2D eigenvalue weighted by Gasteiger charge is 2.27. The van der Waals surface area contributed by atoms with Gasteiger partial charge in [0.05, 0.1) is 6.10 Å². The number of rotatable bonds is 2. The lowest BCUT2D eigenvalue weighted by Gasteiger charge is -2.29. The minimum Gasteiger partial charge on any atom is -0.396 e. The number of hydrogen-bond acceptors (Lipinski definition) is 3. The zero-order valence-electron chi connectivity index (χ0n) is 8.40. The van der Waals surface area contributed by atoms with E-state index >= 15 is 0 Å². The highest BCUT2D eigenvalue weighted by molar-refractivity contribution is 7.12. The van der Waals surface area contributed by atoms with Crippen LogP contribution >= 0.6 is 11.3 Å². The Hall–Kier alpha value is -0.380. The van der Waals surface area contributed by atoms with Gasteiger partial charge in [-0.05, 0) is 31.9 Å². The molecule has 0 saturated carbocycles. The molecule has 0 aliphatic carbocycles. The van der Waals surface area contributed by atoms with Crippen molar-refractivity contribution in [3.63, 3.8) is 0 Å². The molecule has 1 N–H and O–H groups in total. The number of aryl methyl sites for hydroxylation is 1. The zero-order chi connectivity index (χ0) is 9.97. The van der Waals surface area contributed by atoms with Crippen molar-refractivity contribution in [3.05, 3.63) is 21.9 Å². The SMILES string of the molecule is Cc1ccc(C2OCCCC2CO)s1. The van der Waals surface area contributed by atoms with E-state index in [1.165, 1.54) is 9.75 Å². The average molecular weight is 212 g/mol. The molecule has 1 aromatic heterocycles. The third kappa shape index (κ3) is 2.00. The first-order chi connectivity index (χ1) is 6.81. The fraction of sp³-hybridized carbons (Fsp3) is 0.636. The van der Waals surface area contributed by atoms with Crippen LogP contribution in [0.1, 0.15) is 28.7 Å². The minimum absolute atomic E-state index is 0.132. The summed E-state index contributed by atoms with van der Waals surface area (Å²) < 4.78 is 5.73. The Labute approximate surface area is 88.5 Å². The van der Waals surface area contributed by atoms with Crippen LogP contribution in [0.4, 0.5) is 0 Å². The number of ether oxygens (including phenoxy) is 1. The molecule has 2 nitrogen and oxygen atoms in total. The monoisotopic (exact) mass is 212 g/mol. The standard InChI is InChI=1S/C11H16O2S/c1-8-4-5-10(14-8)11-9(7-12)3-2-6-13-11/h4-5,9,11-12H,2-3,6-7H2,1H3. The van der Waals surface area contributed by atoms with Gasteiger partial charge in [-0.3, -0.25) is 0 Å². The van der Waals surface area contributed by atoms with Gasteiger partial charge >= 0.3 is 0 Å². The van der Waals surface area contributed by atoms with Gasteiger partial charge in [-0.15, -0.1) is 11.3 Å². The molecule has 14 heavy (non-hydrogen) atoms. The fourth-order valence-electron chi connectivity index (χ4n) is 1.95. The molecule has 0 radical (unpaired) electrons. The van der Waals surface area contributed by atoms with E-state index in [1.807, 2.05) is 0 Å². The highest BCUT2D eigenvalue weighted by atomic mass is 32.1. The normalized spacial score (nSPS) is 27.9. The Balaban J connectivity index is 2.14. The Morgan fingerprint density at radius 3 is 3.07 bits per heavy atom. The van der Waals surface area contributed by atoms with E-state index in [4.69, 9.17) is 4.74 Å². The van der Waals surface area contributed by atoms with Crippen LogP contribution in [-0.2, 0) is 4.74 Å². The fourth-order valence-corrected chi connectivity index (χ4v) is 2.97. The summed E-state index contributed by atoms with van der Waals surface area (Å²) in [6.45, 7) is 3.17. The summed E-state index contributed by atoms with van der Waals surface area (Å²) in [5.74, 6) is 0.293. The predicted molar refractivity (Wildman–Crippen MR) is 57.6 cm³/mol. The van der Waals surface area contributed by atoms with Crippen molar-refractivity contribution in [2.45, 2.75) is 25.9 Å². The smallest absolute Gasteiger partial charge is 0.0966 e. The van der Waals surface area contributed by atoms with Crippen molar-refractivity contribution in [1.82, 2.24) is 0 Å². The van der Waals surface area contributed by atoms with Crippen LogP contribution in [0, 0.1) is 12.8 Å². The van der Waals surface area contributed by atoms with E-state index in [0.717, 1.165) is 19.4 Å². The van der Waals surface area contributed by atoms with Crippen molar-refractivity contribution in [3.8, 4) is 0 Å². The molecule has 0 spiro atoms. The molecule has 1 aliphatic rings. The summed E-state index contributed by atoms with van der Waals surface area (Å²) >= 11 is 1.78. The quantitative estimate of drug-likeness (QED) is 0.816. The average Bonchev–Trinajstić information content (AvgIpc) is 2.65. The Morgan fingerprint density at radius 1 is 1.57 bits per heavy atom. The van der Waals surface area contributed by atoms with Gasteiger partial charge in [0, 0.05) is 28.9 Å². The molecule has 1 saturated heterocycles. The molecule has 0 bridgehead atoms. The van der Waals surface area contributed by atoms with Crippen LogP contribution in [0.15, 0.2) is 12.1 Å². The van der Waals surface area contributed by atoms with Crippen molar-refractivity contribution >= 4 is 11.3 Å². The lowest BCUT2D eigenvalue weighted by Crippen LogP contribution is -2.24. The van der Waals surface area contributed by atoms with E-state index in [0.29, 0.717) is 5.92 Å². The van der Waals surface area contributed by atoms with Gasteiger partial charge in [0.1, 0.15) is 0 Å². The first-order valence-electron chi connectivity index (χ1n) is 5.10. The van der Waals surface area contributed by atoms with Crippen LogP contribution < -0.4 is 0 Å². The highest BCUT2D eigenvalue weighted by Crippen LogP contribution is 2.36. The number of thiophene rings is 1. The number of hydrogen-bond donors (Lipinski definition) is 1. The van der Waals surface area contributed by atoms with Gasteiger partial charge in [0.15, 0.2) is 0 Å². The topological polar surface area (TPSA) is 29.5 Å². The second kappa shape index (κ2) is 4.43. The van der Waals surface area contributed by atoms with Crippen molar-refractivity contribution in [2.75, 3.05) is 13.2 Å². The summed E-state index contributed by atoms with van der Waals surface area (Å²) in [5.41, 5.74) is 0. The molecular formula is C11H16O2S. The third-order valence-corrected chi connectivity index (χ3v) is 3.78. The van der Waals surface area contributed by atoms with Gasteiger partial charge < -0.3 is 9.84 Å². The molecule has 1 aromatic rings. The first-order valence-corrected chi connectivity index (χ1v) is 5.91. The molecular weight excluding hydrogens is 196 g/mol. The third-order valence-electron chi connectivity index (χ3n) is 2.72. The Morgan fingerprint density at radius 2 is 2.43 bits per heavy atom. The van der Waals surface area contributed by atoms with Gasteiger partial charge in [-0.2, -0.15) is 0 Å². The maximum Gasteiger partial charge on any atom is 0.0966 e. The molecule has 2 heterocycles. The Kier molecular flexibility index (Phi) is 3.21. The van der Waals surface area contributed by atoms with Gasteiger partial charge in [-0.1, -0.05) is 0 Å². The zero-order valence-corrected chi connectivity index (χ0v) is 9.22. The molecule has 1 fully saturated rings. The maximum absolute atomic E-state index is 9.25. The summed E-state index contributed by atoms with van der Waals surface area (Å²) in [5, 5.41) is 9.25. The second-order valence-corrected chi connectivity index (χ2v) is 5.14. The lowest BCUT2D eigenvalue weighted by atomic mass is 9.94. The largest absolute Gasteiger partial charge is 0.396 e. The summed E-state index contributed by atoms with van der Waals surface area (Å²) in [7, 11) is 0. The molecule has 1 aliphatic heterocycles. The Bertz CT molecular complexity index is 295. The van der Waals surface area contributed by atoms with Crippen LogP contribution in [0.3, 0.4) is 0 Å². The summed E-state index contributed by atoms with van der Waals surface area (Å²) in [6.07, 6.45) is 2.29. The van der Waals surface area contributed by atoms with E-state index in [1.54, 1.807) is 11.3 Å². The molecule has 3 heteroatoms. The lowest BCUT2D eigenvalue weighted by molar-refractivity contribution is -0.0437. The maximum atomic E-state index is 9.25. The molecule has 2 rings (SSSR count). The molecule has 2 unspecified atom stereocenters. The van der Waals surface area contributed by atoms with Gasteiger partial charge in [0.25, 0.3) is 0 Å². The van der Waals surface area contributed by atoms with E-state index < -0.39 is 0 Å². The number of aliphatic hydroxyl groups is 1. The van der Waals surface area contributed by atoms with Crippen molar-refractivity contribution in [1.29, 1.82) is 0 Å². The van der Waals surface area contributed by atoms with Crippen LogP contribution in [-0.4, -0.2) is 18.3 Å². The molecule has 0 aromatic carbocycles. The second-order valence-electron chi connectivity index (χ2n) is 3.82. The minimum atomic E-state index is 0.132. The summed E-state index contributed by atoms with van der Waals surface area (Å²) in [6, 6.07) is 4.24. The van der Waals surface area contributed by atoms with E-state index in [2.05, 4.69) is 19.1 Å². The van der Waals surface area contributed by atoms with Crippen LogP contribution in [0.2, 0.25) is 0 Å². The predicted octanol–water partition coefficient (Wildman–Crippen LogP) is 2.52. The summed E-state index contributed by atoms with van der Waals surface area (Å²) in [4.78, 5) is 2.58. The van der Waals surface area contributed by atoms with Crippen LogP contribution in [0.5, 0.6) is 0 Å². The van der Waals surface area contributed by atoms with Gasteiger partial charge in [0.2, 0.25) is 0 Å². The van der Waals surface area contributed by atoms with E-state index in [-0.39, 0.29) is 12.7 Å².